The Kier molecular flexibility index (Phi) is 5.63. The summed E-state index contributed by atoms with van der Waals surface area (Å²) in [6.45, 7) is 3.01. The molecule has 0 spiro atoms. The van der Waals surface area contributed by atoms with E-state index in [0.29, 0.717) is 5.56 Å². The molecule has 1 saturated heterocycles. The van der Waals surface area contributed by atoms with Gasteiger partial charge in [-0.2, -0.15) is 0 Å². The minimum absolute atomic E-state index is 0.0345. The first-order valence-corrected chi connectivity index (χ1v) is 9.56. The molecular formula is C19H27NO11. The number of methoxy groups -OCH3 is 1. The predicted octanol–water partition coefficient (Wildman–Crippen LogP) is -2.76. The highest BCUT2D eigenvalue weighted by Crippen LogP contribution is 2.51. The molecule has 0 radical (unpaired) electrons. The number of hydrogen-bond donors (Lipinski definition) is 8. The van der Waals surface area contributed by atoms with Crippen LogP contribution in [-0.4, -0.2) is 88.6 Å². The maximum atomic E-state index is 12.9. The number of aliphatic hydroxyl groups is 8. The first-order chi connectivity index (χ1) is 14.1. The van der Waals surface area contributed by atoms with Crippen molar-refractivity contribution in [2.45, 2.75) is 56.2 Å². The Labute approximate surface area is 177 Å². The highest BCUT2D eigenvalue weighted by atomic mass is 16.9. The molecule has 8 N–H and O–H groups in total. The number of rotatable bonds is 5. The van der Waals surface area contributed by atoms with Gasteiger partial charge in [-0.3, -0.25) is 4.79 Å². The van der Waals surface area contributed by atoms with Gasteiger partial charge in [-0.1, -0.05) is 13.8 Å². The summed E-state index contributed by atoms with van der Waals surface area (Å²) in [4.78, 5) is 13.8. The lowest BCUT2D eigenvalue weighted by atomic mass is 9.71. The van der Waals surface area contributed by atoms with Crippen molar-refractivity contribution < 1.29 is 55.1 Å². The van der Waals surface area contributed by atoms with Crippen molar-refractivity contribution in [1.29, 1.82) is 0 Å². The summed E-state index contributed by atoms with van der Waals surface area (Å²) in [6, 6.07) is 0.677. The number of hydrogen-bond acceptors (Lipinski definition) is 12. The molecule has 174 valence electrons. The van der Waals surface area contributed by atoms with Crippen LogP contribution in [0.4, 0.5) is 0 Å². The standard InChI is InChI=1S/C19H27NO11/c1-9(2)8-16(22)15(21)17(23,24)14-11-7-12(30-3)13(31-19(27,28)29)6-10(11)4-5-20(14)18(16,25)26/h6-7,9,14,22-29H,4-5,8H2,1-3H3. The van der Waals surface area contributed by atoms with Gasteiger partial charge in [0.05, 0.1) is 7.11 Å². The summed E-state index contributed by atoms with van der Waals surface area (Å²) >= 11 is 0. The van der Waals surface area contributed by atoms with Gasteiger partial charge in [-0.05, 0) is 42.0 Å². The molecule has 31 heavy (non-hydrogen) atoms. The van der Waals surface area contributed by atoms with E-state index in [4.69, 9.17) is 20.1 Å². The molecule has 12 heteroatoms. The lowest BCUT2D eigenvalue weighted by Crippen LogP contribution is -2.80. The molecule has 1 aromatic carbocycles. The Bertz CT molecular complexity index is 876. The largest absolute Gasteiger partial charge is 0.493 e. The van der Waals surface area contributed by atoms with Crippen LogP contribution < -0.4 is 9.47 Å². The predicted molar refractivity (Wildman–Crippen MR) is 99.9 cm³/mol. The quantitative estimate of drug-likeness (QED) is 0.217. The third-order valence-corrected chi connectivity index (χ3v) is 5.65. The number of Topliss-reactive ketones (excluding diaryl/α,β-unsaturated/α-hetero) is 1. The van der Waals surface area contributed by atoms with Crippen molar-refractivity contribution in [3.05, 3.63) is 23.3 Å². The molecule has 12 nitrogen and oxygen atoms in total. The maximum Gasteiger partial charge on any atom is 0.453 e. The minimum atomic E-state index is -3.51. The summed E-state index contributed by atoms with van der Waals surface area (Å²) in [7, 11) is 1.18. The SMILES string of the molecule is COc1cc2c(cc1OC(O)(O)O)CCN1C2C(O)(O)C(=O)C(O)(CC(C)C)C1(O)O. The maximum absolute atomic E-state index is 12.9. The highest BCUT2D eigenvalue weighted by Gasteiger charge is 2.72. The summed E-state index contributed by atoms with van der Waals surface area (Å²) in [5, 5.41) is 81.4. The Hall–Kier alpha value is -1.87. The van der Waals surface area contributed by atoms with E-state index in [1.807, 2.05) is 0 Å². The molecule has 0 aliphatic carbocycles. The van der Waals surface area contributed by atoms with Crippen LogP contribution in [-0.2, 0) is 11.2 Å². The fourth-order valence-electron chi connectivity index (χ4n) is 4.42. The van der Waals surface area contributed by atoms with Gasteiger partial charge in [-0.25, -0.2) is 4.90 Å². The van der Waals surface area contributed by atoms with E-state index >= 15 is 0 Å². The van der Waals surface area contributed by atoms with E-state index in [1.165, 1.54) is 19.2 Å². The molecule has 0 bridgehead atoms. The summed E-state index contributed by atoms with van der Waals surface area (Å²) in [5.41, 5.74) is -2.53. The van der Waals surface area contributed by atoms with Crippen molar-refractivity contribution in [2.75, 3.05) is 13.7 Å². The van der Waals surface area contributed by atoms with E-state index < -0.39 is 47.6 Å². The number of carbonyl (C=O) groups excluding carboxylic acids is 1. The average Bonchev–Trinajstić information content (AvgIpc) is 2.62. The molecule has 0 aromatic heterocycles. The second kappa shape index (κ2) is 7.33. The normalized spacial score (nSPS) is 27.6. The van der Waals surface area contributed by atoms with Gasteiger partial charge in [0.1, 0.15) is 6.04 Å². The van der Waals surface area contributed by atoms with E-state index in [1.54, 1.807) is 13.8 Å². The molecule has 0 amide bonds. The number of piperidine rings is 1. The van der Waals surface area contributed by atoms with E-state index in [2.05, 4.69) is 4.74 Å². The van der Waals surface area contributed by atoms with E-state index in [-0.39, 0.29) is 30.0 Å². The van der Waals surface area contributed by atoms with Gasteiger partial charge < -0.3 is 50.3 Å². The Morgan fingerprint density at radius 1 is 1.13 bits per heavy atom. The van der Waals surface area contributed by atoms with Crippen molar-refractivity contribution >= 4 is 5.78 Å². The monoisotopic (exact) mass is 445 g/mol. The second-order valence-corrected chi connectivity index (χ2v) is 8.37. The Morgan fingerprint density at radius 3 is 2.26 bits per heavy atom. The fraction of sp³-hybridized carbons (Fsp3) is 0.632. The number of carbonyl (C=O) groups is 1. The van der Waals surface area contributed by atoms with Crippen molar-refractivity contribution in [3.8, 4) is 11.5 Å². The number of nitrogens with zero attached hydrogens (tertiary/aromatic N) is 1. The number of ether oxygens (including phenoxy) is 2. The average molecular weight is 445 g/mol. The van der Waals surface area contributed by atoms with Gasteiger partial charge in [0.2, 0.25) is 11.6 Å². The number of ketones is 1. The number of fused-ring (bicyclic) bond motifs is 3. The van der Waals surface area contributed by atoms with E-state index in [9.17, 15) is 30.3 Å². The molecule has 3 rings (SSSR count). The molecular weight excluding hydrogens is 418 g/mol. The topological polar surface area (TPSA) is 201 Å². The molecule has 2 aliphatic rings. The molecule has 2 aliphatic heterocycles. The lowest BCUT2D eigenvalue weighted by Gasteiger charge is -2.57. The molecule has 2 unspecified atom stereocenters. The van der Waals surface area contributed by atoms with Crippen LogP contribution in [0.25, 0.3) is 0 Å². The van der Waals surface area contributed by atoms with Crippen molar-refractivity contribution in [2.24, 2.45) is 5.92 Å². The van der Waals surface area contributed by atoms with Gasteiger partial charge in [0, 0.05) is 6.54 Å². The zero-order valence-electron chi connectivity index (χ0n) is 17.2. The summed E-state index contributed by atoms with van der Waals surface area (Å²) in [6.07, 6.45) is -3.91. The van der Waals surface area contributed by atoms with Gasteiger partial charge in [0.25, 0.3) is 5.91 Å². The first-order valence-electron chi connectivity index (χ1n) is 9.56. The van der Waals surface area contributed by atoms with Crippen molar-refractivity contribution in [1.82, 2.24) is 4.90 Å². The molecule has 2 heterocycles. The second-order valence-electron chi connectivity index (χ2n) is 8.37. The lowest BCUT2D eigenvalue weighted by molar-refractivity contribution is -0.419. The molecule has 2 atom stereocenters. The van der Waals surface area contributed by atoms with Crippen LogP contribution in [0.2, 0.25) is 0 Å². The third kappa shape index (κ3) is 3.69. The van der Waals surface area contributed by atoms with Gasteiger partial charge >= 0.3 is 6.16 Å². The number of benzene rings is 1. The van der Waals surface area contributed by atoms with Gasteiger partial charge in [0.15, 0.2) is 17.1 Å². The van der Waals surface area contributed by atoms with Crippen LogP contribution in [0.3, 0.4) is 0 Å². The molecule has 1 fully saturated rings. The smallest absolute Gasteiger partial charge is 0.453 e. The van der Waals surface area contributed by atoms with E-state index in [0.717, 1.165) is 4.90 Å². The fourth-order valence-corrected chi connectivity index (χ4v) is 4.42. The summed E-state index contributed by atoms with van der Waals surface area (Å²) in [5.74, 6) is -8.79. The zero-order chi connectivity index (χ0) is 23.6. The third-order valence-electron chi connectivity index (χ3n) is 5.65. The molecule has 1 aromatic rings. The summed E-state index contributed by atoms with van der Waals surface area (Å²) < 4.78 is 9.69. The van der Waals surface area contributed by atoms with Crippen LogP contribution >= 0.6 is 0 Å². The Morgan fingerprint density at radius 2 is 1.74 bits per heavy atom. The first kappa shape index (κ1) is 23.8. The van der Waals surface area contributed by atoms with Crippen LogP contribution in [0.15, 0.2) is 12.1 Å². The van der Waals surface area contributed by atoms with Gasteiger partial charge in [-0.15, -0.1) is 0 Å². The zero-order valence-corrected chi connectivity index (χ0v) is 17.2. The Balaban J connectivity index is 2.16. The van der Waals surface area contributed by atoms with Crippen LogP contribution in [0, 0.1) is 5.92 Å². The van der Waals surface area contributed by atoms with Crippen LogP contribution in [0.1, 0.15) is 37.4 Å². The molecule has 0 saturated carbocycles. The van der Waals surface area contributed by atoms with Crippen LogP contribution in [0.5, 0.6) is 11.5 Å². The highest BCUT2D eigenvalue weighted by molar-refractivity contribution is 5.96. The van der Waals surface area contributed by atoms with Crippen molar-refractivity contribution in [3.63, 3.8) is 0 Å². The minimum Gasteiger partial charge on any atom is -0.493 e.